The molecule has 0 saturated carbocycles. The average molecular weight is 354 g/mol. The van der Waals surface area contributed by atoms with E-state index < -0.39 is 0 Å². The van der Waals surface area contributed by atoms with Gasteiger partial charge < -0.3 is 9.84 Å². The van der Waals surface area contributed by atoms with Crippen LogP contribution in [-0.4, -0.2) is 38.0 Å². The summed E-state index contributed by atoms with van der Waals surface area (Å²) in [5, 5.41) is 19.1. The Kier molecular flexibility index (Phi) is 3.70. The van der Waals surface area contributed by atoms with Crippen molar-refractivity contribution >= 4 is 40.3 Å². The summed E-state index contributed by atoms with van der Waals surface area (Å²) >= 11 is 6.27. The third kappa shape index (κ3) is 2.64. The van der Waals surface area contributed by atoms with E-state index >= 15 is 0 Å². The number of methoxy groups -OCH3 is 1. The second kappa shape index (κ2) is 6.03. The number of phenolic OH excluding ortho intramolecular Hbond substituents is 1. The minimum Gasteiger partial charge on any atom is -0.504 e. The van der Waals surface area contributed by atoms with Gasteiger partial charge in [-0.05, 0) is 47.5 Å². The van der Waals surface area contributed by atoms with Gasteiger partial charge in [0.2, 0.25) is 5.28 Å². The Hall–Kier alpha value is -3.19. The van der Waals surface area contributed by atoms with Gasteiger partial charge in [-0.3, -0.25) is 0 Å². The normalized spacial score (nSPS) is 11.6. The van der Waals surface area contributed by atoms with Gasteiger partial charge >= 0.3 is 0 Å². The second-order valence-corrected chi connectivity index (χ2v) is 5.58. The Morgan fingerprint density at radius 2 is 2.04 bits per heavy atom. The van der Waals surface area contributed by atoms with Crippen LogP contribution in [0.3, 0.4) is 0 Å². The van der Waals surface area contributed by atoms with Gasteiger partial charge in [-0.25, -0.2) is 14.4 Å². The highest BCUT2D eigenvalue weighted by molar-refractivity contribution is 6.29. The number of hydrogen-bond acceptors (Lipinski definition) is 6. The summed E-state index contributed by atoms with van der Waals surface area (Å²) < 4.78 is 6.59. The maximum absolute atomic E-state index is 9.83. The maximum atomic E-state index is 9.83. The van der Waals surface area contributed by atoms with Crippen molar-refractivity contribution in [3.8, 4) is 11.5 Å². The Balaban J connectivity index is 1.80. The number of aromatic hydroxyl groups is 1. The number of para-hydroxylation sites is 1. The predicted molar refractivity (Wildman–Crippen MR) is 95.2 cm³/mol. The fourth-order valence-corrected chi connectivity index (χ4v) is 2.78. The van der Waals surface area contributed by atoms with Crippen molar-refractivity contribution in [1.82, 2.24) is 19.6 Å². The van der Waals surface area contributed by atoms with Crippen molar-refractivity contribution in [2.75, 3.05) is 7.11 Å². The smallest absolute Gasteiger partial charge is 0.257 e. The van der Waals surface area contributed by atoms with Crippen LogP contribution in [0, 0.1) is 0 Å². The van der Waals surface area contributed by atoms with Crippen molar-refractivity contribution in [2.24, 2.45) is 4.99 Å². The molecule has 25 heavy (non-hydrogen) atoms. The summed E-state index contributed by atoms with van der Waals surface area (Å²) in [6, 6.07) is 12.5. The molecule has 124 valence electrons. The number of phenols is 1. The molecular formula is C17H12ClN5O2. The molecule has 4 rings (SSSR count). The summed E-state index contributed by atoms with van der Waals surface area (Å²) in [4.78, 5) is 8.66. The van der Waals surface area contributed by atoms with Crippen LogP contribution in [0.25, 0.3) is 16.6 Å². The van der Waals surface area contributed by atoms with Crippen molar-refractivity contribution in [3.63, 3.8) is 0 Å². The zero-order chi connectivity index (χ0) is 17.4. The number of fused-ring (bicyclic) bond motifs is 3. The molecule has 0 bridgehead atoms. The minimum atomic E-state index is 0.0308. The van der Waals surface area contributed by atoms with Gasteiger partial charge in [0, 0.05) is 11.6 Å². The summed E-state index contributed by atoms with van der Waals surface area (Å²) in [5.74, 6) is 0.723. The maximum Gasteiger partial charge on any atom is 0.257 e. The van der Waals surface area contributed by atoms with Crippen molar-refractivity contribution < 1.29 is 9.84 Å². The molecular weight excluding hydrogens is 342 g/mol. The molecule has 0 spiro atoms. The zero-order valence-electron chi connectivity index (χ0n) is 13.1. The average Bonchev–Trinajstić information content (AvgIpc) is 3.05. The molecule has 4 aromatic rings. The number of ether oxygens (including phenoxy) is 1. The fourth-order valence-electron chi connectivity index (χ4n) is 2.53. The molecule has 2 heterocycles. The number of halogens is 1. The SMILES string of the molecule is COc1ccc(C=Nc2nnc3c4ccccc4nc(Cl)n23)cc1O. The molecule has 2 aromatic heterocycles. The molecule has 0 amide bonds. The first kappa shape index (κ1) is 15.3. The lowest BCUT2D eigenvalue weighted by atomic mass is 10.2. The Morgan fingerprint density at radius 3 is 2.84 bits per heavy atom. The van der Waals surface area contributed by atoms with Gasteiger partial charge in [-0.15, -0.1) is 10.2 Å². The summed E-state index contributed by atoms with van der Waals surface area (Å²) in [6.45, 7) is 0. The van der Waals surface area contributed by atoms with Crippen LogP contribution in [-0.2, 0) is 0 Å². The van der Waals surface area contributed by atoms with Crippen LogP contribution >= 0.6 is 11.6 Å². The Morgan fingerprint density at radius 1 is 1.20 bits per heavy atom. The number of aliphatic imine (C=N–C) groups is 1. The third-order valence-corrected chi connectivity index (χ3v) is 3.97. The van der Waals surface area contributed by atoms with E-state index in [1.54, 1.807) is 28.8 Å². The quantitative estimate of drug-likeness (QED) is 0.450. The van der Waals surface area contributed by atoms with E-state index in [0.29, 0.717) is 22.9 Å². The molecule has 0 atom stereocenters. The van der Waals surface area contributed by atoms with E-state index in [2.05, 4.69) is 20.2 Å². The highest BCUT2D eigenvalue weighted by Gasteiger charge is 2.12. The van der Waals surface area contributed by atoms with Crippen LogP contribution in [0.2, 0.25) is 5.28 Å². The molecule has 7 nitrogen and oxygen atoms in total. The number of rotatable bonds is 3. The van der Waals surface area contributed by atoms with Gasteiger partial charge in [0.1, 0.15) is 0 Å². The summed E-state index contributed by atoms with van der Waals surface area (Å²) in [5.41, 5.74) is 2.00. The Labute approximate surface area is 147 Å². The number of benzene rings is 2. The topological polar surface area (TPSA) is 84.9 Å². The largest absolute Gasteiger partial charge is 0.504 e. The first-order valence-electron chi connectivity index (χ1n) is 7.38. The van der Waals surface area contributed by atoms with Crippen molar-refractivity contribution in [2.45, 2.75) is 0 Å². The monoisotopic (exact) mass is 353 g/mol. The molecule has 0 aliphatic rings. The molecule has 0 aliphatic carbocycles. The fraction of sp³-hybridized carbons (Fsp3) is 0.0588. The van der Waals surface area contributed by atoms with Gasteiger partial charge in [0.05, 0.1) is 12.6 Å². The molecule has 2 aromatic carbocycles. The highest BCUT2D eigenvalue weighted by atomic mass is 35.5. The summed E-state index contributed by atoms with van der Waals surface area (Å²) in [7, 11) is 1.49. The lowest BCUT2D eigenvalue weighted by Gasteiger charge is -2.03. The van der Waals surface area contributed by atoms with Crippen molar-refractivity contribution in [3.05, 3.63) is 53.3 Å². The van der Waals surface area contributed by atoms with E-state index in [9.17, 15) is 5.11 Å². The van der Waals surface area contributed by atoms with Crippen LogP contribution in [0.15, 0.2) is 47.5 Å². The van der Waals surface area contributed by atoms with Crippen LogP contribution in [0.1, 0.15) is 5.56 Å². The van der Waals surface area contributed by atoms with Gasteiger partial charge in [0.25, 0.3) is 5.95 Å². The highest BCUT2D eigenvalue weighted by Crippen LogP contribution is 2.27. The van der Waals surface area contributed by atoms with E-state index in [4.69, 9.17) is 16.3 Å². The van der Waals surface area contributed by atoms with Crippen LogP contribution in [0.5, 0.6) is 11.5 Å². The minimum absolute atomic E-state index is 0.0308. The van der Waals surface area contributed by atoms with Gasteiger partial charge in [-0.1, -0.05) is 12.1 Å². The van der Waals surface area contributed by atoms with Crippen LogP contribution < -0.4 is 4.74 Å². The summed E-state index contributed by atoms with van der Waals surface area (Å²) in [6.07, 6.45) is 1.56. The standard InChI is InChI=1S/C17H12ClN5O2/c1-25-14-7-6-10(8-13(14)24)9-19-17-22-21-15-11-4-2-3-5-12(11)20-16(18)23(15)17/h2-9,24H,1H3. The second-order valence-electron chi connectivity index (χ2n) is 5.25. The van der Waals surface area contributed by atoms with Gasteiger partial charge in [0.15, 0.2) is 17.1 Å². The molecule has 0 aliphatic heterocycles. The zero-order valence-corrected chi connectivity index (χ0v) is 13.8. The molecule has 0 unspecified atom stereocenters. The first-order valence-corrected chi connectivity index (χ1v) is 7.75. The lowest BCUT2D eigenvalue weighted by Crippen LogP contribution is -1.93. The van der Waals surface area contributed by atoms with Crippen molar-refractivity contribution in [1.29, 1.82) is 0 Å². The van der Waals surface area contributed by atoms with E-state index in [-0.39, 0.29) is 11.0 Å². The molecule has 0 saturated heterocycles. The number of aromatic nitrogens is 4. The predicted octanol–water partition coefficient (Wildman–Crippen LogP) is 3.40. The number of nitrogens with zero attached hydrogens (tertiary/aromatic N) is 5. The molecule has 0 fully saturated rings. The Bertz CT molecular complexity index is 1120. The van der Waals surface area contributed by atoms with Gasteiger partial charge in [-0.2, -0.15) is 0 Å². The van der Waals surface area contributed by atoms with E-state index in [1.165, 1.54) is 7.11 Å². The molecule has 0 radical (unpaired) electrons. The first-order chi connectivity index (χ1) is 12.2. The number of hydrogen-bond donors (Lipinski definition) is 1. The van der Waals surface area contributed by atoms with Crippen LogP contribution in [0.4, 0.5) is 5.95 Å². The van der Waals surface area contributed by atoms with E-state index in [0.717, 1.165) is 10.9 Å². The molecule has 1 N–H and O–H groups in total. The molecule has 8 heteroatoms. The third-order valence-electron chi connectivity index (χ3n) is 3.72. The lowest BCUT2D eigenvalue weighted by molar-refractivity contribution is 0.373. The van der Waals surface area contributed by atoms with E-state index in [1.807, 2.05) is 24.3 Å².